The molecule has 2 aromatic heterocycles. The van der Waals surface area contributed by atoms with E-state index < -0.39 is 23.4 Å². The average molecular weight is 471 g/mol. The molecular weight excluding hydrogens is 456 g/mol. The number of benzene rings is 2. The number of non-ortho nitro benzene ring substituents is 1. The highest BCUT2D eigenvalue weighted by Gasteiger charge is 2.20. The minimum absolute atomic E-state index is 0.159. The van der Waals surface area contributed by atoms with Crippen molar-refractivity contribution >= 4 is 56.4 Å². The number of anilines is 1. The first-order valence-corrected chi connectivity index (χ1v) is 10.5. The van der Waals surface area contributed by atoms with E-state index in [9.17, 15) is 19.7 Å². The molecule has 0 saturated carbocycles. The van der Waals surface area contributed by atoms with Gasteiger partial charge in [0.15, 0.2) is 6.61 Å². The number of hydrogen-bond donors (Lipinski definition) is 1. The molecule has 0 aliphatic rings. The first kappa shape index (κ1) is 21.5. The van der Waals surface area contributed by atoms with Crippen molar-refractivity contribution in [1.29, 1.82) is 0 Å². The van der Waals surface area contributed by atoms with Crippen molar-refractivity contribution in [2.45, 2.75) is 6.92 Å². The van der Waals surface area contributed by atoms with E-state index in [0.717, 1.165) is 15.9 Å². The predicted octanol–water partition coefficient (Wildman–Crippen LogP) is 4.75. The number of ether oxygens (including phenoxy) is 1. The number of carbonyl (C=O) groups excluding carboxylic acids is 2. The zero-order valence-corrected chi connectivity index (χ0v) is 18.1. The fourth-order valence-electron chi connectivity index (χ4n) is 3.03. The third kappa shape index (κ3) is 4.32. The van der Waals surface area contributed by atoms with Gasteiger partial charge in [-0.25, -0.2) is 9.48 Å². The summed E-state index contributed by atoms with van der Waals surface area (Å²) in [6.45, 7) is 1.29. The highest BCUT2D eigenvalue weighted by atomic mass is 35.5. The maximum absolute atomic E-state index is 12.5. The van der Waals surface area contributed by atoms with E-state index in [0.29, 0.717) is 15.6 Å². The van der Waals surface area contributed by atoms with Gasteiger partial charge in [0, 0.05) is 23.2 Å². The number of carbonyl (C=O) groups is 2. The smallest absolute Gasteiger partial charge is 0.348 e. The minimum Gasteiger partial charge on any atom is -0.451 e. The van der Waals surface area contributed by atoms with Crippen LogP contribution in [0.3, 0.4) is 0 Å². The van der Waals surface area contributed by atoms with Crippen molar-refractivity contribution < 1.29 is 19.2 Å². The Balaban J connectivity index is 1.47. The number of rotatable bonds is 6. The van der Waals surface area contributed by atoms with Crippen LogP contribution in [0.4, 0.5) is 11.4 Å². The molecule has 0 atom stereocenters. The Bertz CT molecular complexity index is 1360. The van der Waals surface area contributed by atoms with Crippen LogP contribution in [0.25, 0.3) is 15.9 Å². The number of halogens is 1. The van der Waals surface area contributed by atoms with Gasteiger partial charge < -0.3 is 10.1 Å². The van der Waals surface area contributed by atoms with Crippen molar-refractivity contribution in [2.24, 2.45) is 0 Å². The van der Waals surface area contributed by atoms with E-state index in [1.165, 1.54) is 35.6 Å². The maximum atomic E-state index is 12.5. The van der Waals surface area contributed by atoms with Gasteiger partial charge in [-0.2, -0.15) is 5.10 Å². The third-order valence-corrected chi connectivity index (χ3v) is 5.91. The molecule has 0 unspecified atom stereocenters. The van der Waals surface area contributed by atoms with Crippen LogP contribution >= 0.6 is 22.9 Å². The molecule has 0 aliphatic carbocycles. The summed E-state index contributed by atoms with van der Waals surface area (Å²) >= 11 is 7.46. The van der Waals surface area contributed by atoms with Crippen LogP contribution in [0.15, 0.2) is 54.6 Å². The lowest BCUT2D eigenvalue weighted by Gasteiger charge is -2.06. The summed E-state index contributed by atoms with van der Waals surface area (Å²) in [6, 6.07) is 14.4. The van der Waals surface area contributed by atoms with Gasteiger partial charge in [-0.05, 0) is 31.2 Å². The highest BCUT2D eigenvalue weighted by molar-refractivity contribution is 7.20. The number of esters is 1. The van der Waals surface area contributed by atoms with Crippen molar-refractivity contribution in [3.8, 4) is 5.69 Å². The molecule has 2 aromatic carbocycles. The average Bonchev–Trinajstić information content (AvgIpc) is 3.33. The Labute approximate surface area is 190 Å². The molecule has 0 saturated heterocycles. The van der Waals surface area contributed by atoms with Crippen LogP contribution in [0, 0.1) is 17.0 Å². The van der Waals surface area contributed by atoms with Crippen LogP contribution in [0.1, 0.15) is 15.4 Å². The first-order chi connectivity index (χ1) is 15.3. The number of amides is 1. The van der Waals surface area contributed by atoms with E-state index >= 15 is 0 Å². The monoisotopic (exact) mass is 470 g/mol. The molecule has 2 heterocycles. The number of nitrogens with one attached hydrogen (secondary N) is 1. The van der Waals surface area contributed by atoms with Crippen LogP contribution in [0.5, 0.6) is 0 Å². The van der Waals surface area contributed by atoms with Crippen LogP contribution in [0.2, 0.25) is 5.02 Å². The first-order valence-electron chi connectivity index (χ1n) is 9.29. The van der Waals surface area contributed by atoms with Crippen molar-refractivity contribution in [3.63, 3.8) is 0 Å². The van der Waals surface area contributed by atoms with Gasteiger partial charge in [-0.15, -0.1) is 11.3 Å². The van der Waals surface area contributed by atoms with Gasteiger partial charge in [0.2, 0.25) is 0 Å². The summed E-state index contributed by atoms with van der Waals surface area (Å²) in [5.41, 5.74) is 1.48. The van der Waals surface area contributed by atoms with Crippen LogP contribution in [-0.2, 0) is 9.53 Å². The van der Waals surface area contributed by atoms with Crippen LogP contribution < -0.4 is 5.32 Å². The molecule has 0 spiro atoms. The van der Waals surface area contributed by atoms with Crippen LogP contribution in [-0.4, -0.2) is 33.2 Å². The number of aryl methyl sites for hydroxylation is 1. The molecule has 32 heavy (non-hydrogen) atoms. The largest absolute Gasteiger partial charge is 0.451 e. The predicted molar refractivity (Wildman–Crippen MR) is 121 cm³/mol. The lowest BCUT2D eigenvalue weighted by molar-refractivity contribution is -0.384. The molecule has 1 N–H and O–H groups in total. The molecule has 0 fully saturated rings. The summed E-state index contributed by atoms with van der Waals surface area (Å²) < 4.78 is 6.79. The van der Waals surface area contributed by atoms with E-state index in [2.05, 4.69) is 10.4 Å². The number of nitrogens with zero attached hydrogens (tertiary/aromatic N) is 3. The van der Waals surface area contributed by atoms with Gasteiger partial charge >= 0.3 is 5.97 Å². The summed E-state index contributed by atoms with van der Waals surface area (Å²) in [7, 11) is 0. The number of fused-ring (bicyclic) bond motifs is 1. The topological polar surface area (TPSA) is 116 Å². The molecule has 4 rings (SSSR count). The van der Waals surface area contributed by atoms with E-state index in [1.54, 1.807) is 16.8 Å². The number of nitro groups is 1. The molecule has 9 nitrogen and oxygen atoms in total. The highest BCUT2D eigenvalue weighted by Crippen LogP contribution is 2.32. The second-order valence-electron chi connectivity index (χ2n) is 6.71. The lowest BCUT2D eigenvalue weighted by Crippen LogP contribution is -2.20. The van der Waals surface area contributed by atoms with Crippen molar-refractivity contribution in [2.75, 3.05) is 11.9 Å². The number of aromatic nitrogens is 2. The van der Waals surface area contributed by atoms with Gasteiger partial charge in [-0.3, -0.25) is 14.9 Å². The standard InChI is InChI=1S/C21H15ClN4O5S/c1-12-15-10-18(32-20(15)25(24-12)17-8-3-2-7-16(17)22)21(28)31-11-19(27)23-13-5-4-6-14(9-13)26(29)30/h2-10H,11H2,1H3,(H,23,27). The lowest BCUT2D eigenvalue weighted by atomic mass is 10.3. The van der Waals surface area contributed by atoms with Crippen molar-refractivity contribution in [1.82, 2.24) is 9.78 Å². The fraction of sp³-hybridized carbons (Fsp3) is 0.0952. The second kappa shape index (κ2) is 8.77. The quantitative estimate of drug-likeness (QED) is 0.247. The zero-order chi connectivity index (χ0) is 22.8. The summed E-state index contributed by atoms with van der Waals surface area (Å²) in [5, 5.41) is 19.1. The molecule has 11 heteroatoms. The van der Waals surface area contributed by atoms with Gasteiger partial charge in [0.25, 0.3) is 11.6 Å². The normalized spacial score (nSPS) is 10.8. The molecule has 0 radical (unpaired) electrons. The van der Waals surface area contributed by atoms with Gasteiger partial charge in [0.05, 0.1) is 21.3 Å². The summed E-state index contributed by atoms with van der Waals surface area (Å²) in [5.74, 6) is -1.27. The molecule has 162 valence electrons. The summed E-state index contributed by atoms with van der Waals surface area (Å²) in [6.07, 6.45) is 0. The number of thiophene rings is 1. The van der Waals surface area contributed by atoms with Gasteiger partial charge in [-0.1, -0.05) is 29.8 Å². The van der Waals surface area contributed by atoms with E-state index in [1.807, 2.05) is 25.1 Å². The Hall–Kier alpha value is -3.76. The Morgan fingerprint density at radius 1 is 1.22 bits per heavy atom. The third-order valence-electron chi connectivity index (χ3n) is 4.50. The number of nitro benzene ring substituents is 1. The summed E-state index contributed by atoms with van der Waals surface area (Å²) in [4.78, 5) is 35.9. The maximum Gasteiger partial charge on any atom is 0.348 e. The van der Waals surface area contributed by atoms with Gasteiger partial charge in [0.1, 0.15) is 9.71 Å². The fourth-order valence-corrected chi connectivity index (χ4v) is 4.32. The molecule has 4 aromatic rings. The Morgan fingerprint density at radius 3 is 2.75 bits per heavy atom. The SMILES string of the molecule is Cc1nn(-c2ccccc2Cl)c2sc(C(=O)OCC(=O)Nc3cccc([N+](=O)[O-])c3)cc12. The number of para-hydroxylation sites is 1. The van der Waals surface area contributed by atoms with Crippen molar-refractivity contribution in [3.05, 3.63) is 80.3 Å². The molecular formula is C21H15ClN4O5S. The molecule has 0 aliphatic heterocycles. The zero-order valence-electron chi connectivity index (χ0n) is 16.6. The Morgan fingerprint density at radius 2 is 2.00 bits per heavy atom. The molecule has 1 amide bonds. The van der Waals surface area contributed by atoms with E-state index in [-0.39, 0.29) is 11.4 Å². The molecule has 0 bridgehead atoms. The van der Waals surface area contributed by atoms with E-state index in [4.69, 9.17) is 16.3 Å². The minimum atomic E-state index is -0.662. The Kier molecular flexibility index (Phi) is 5.89. The number of hydrogen-bond acceptors (Lipinski definition) is 7. The second-order valence-corrected chi connectivity index (χ2v) is 8.15.